The molecule has 1 saturated carbocycles. The Kier molecular flexibility index (Phi) is 2.44. The highest BCUT2D eigenvalue weighted by Gasteiger charge is 2.25. The summed E-state index contributed by atoms with van der Waals surface area (Å²) >= 11 is 0. The standard InChI is InChI=1S/C14H17NO/c16-14-7-2-1-4-12(14)10-5-3-6-13-11(10)8-9-15-13/h3,5-6,8-9,12,14-16H,1-2,4,7H2. The van der Waals surface area contributed by atoms with Crippen LogP contribution in [0.3, 0.4) is 0 Å². The predicted molar refractivity (Wildman–Crippen MR) is 65.5 cm³/mol. The first-order valence-corrected chi connectivity index (χ1v) is 6.10. The van der Waals surface area contributed by atoms with Crippen molar-refractivity contribution in [2.75, 3.05) is 0 Å². The van der Waals surface area contributed by atoms with E-state index in [0.717, 1.165) is 12.8 Å². The van der Waals surface area contributed by atoms with Crippen LogP contribution in [0.5, 0.6) is 0 Å². The van der Waals surface area contributed by atoms with Crippen LogP contribution in [0.4, 0.5) is 0 Å². The molecule has 2 aromatic rings. The molecule has 3 rings (SSSR count). The van der Waals surface area contributed by atoms with Crippen LogP contribution in [0.1, 0.15) is 37.2 Å². The molecule has 16 heavy (non-hydrogen) atoms. The molecule has 1 aliphatic carbocycles. The summed E-state index contributed by atoms with van der Waals surface area (Å²) in [5.74, 6) is 0.327. The largest absolute Gasteiger partial charge is 0.392 e. The van der Waals surface area contributed by atoms with Gasteiger partial charge in [0, 0.05) is 23.0 Å². The topological polar surface area (TPSA) is 36.0 Å². The van der Waals surface area contributed by atoms with Crippen LogP contribution in [0.25, 0.3) is 10.9 Å². The highest BCUT2D eigenvalue weighted by atomic mass is 16.3. The second-order valence-electron chi connectivity index (χ2n) is 4.74. The average Bonchev–Trinajstić information content (AvgIpc) is 2.77. The van der Waals surface area contributed by atoms with Crippen molar-refractivity contribution in [3.05, 3.63) is 36.0 Å². The van der Waals surface area contributed by atoms with E-state index in [1.54, 1.807) is 0 Å². The highest BCUT2D eigenvalue weighted by molar-refractivity contribution is 5.83. The van der Waals surface area contributed by atoms with E-state index in [2.05, 4.69) is 29.2 Å². The molecule has 0 bridgehead atoms. The van der Waals surface area contributed by atoms with Crippen LogP contribution < -0.4 is 0 Å². The third kappa shape index (κ3) is 1.54. The Morgan fingerprint density at radius 1 is 1.12 bits per heavy atom. The molecule has 2 atom stereocenters. The lowest BCUT2D eigenvalue weighted by Crippen LogP contribution is -2.22. The number of hydrogen-bond acceptors (Lipinski definition) is 1. The number of H-pyrrole nitrogens is 1. The zero-order valence-electron chi connectivity index (χ0n) is 9.32. The third-order valence-corrected chi connectivity index (χ3v) is 3.76. The van der Waals surface area contributed by atoms with Crippen molar-refractivity contribution in [2.24, 2.45) is 0 Å². The van der Waals surface area contributed by atoms with E-state index in [4.69, 9.17) is 0 Å². The van der Waals surface area contributed by atoms with E-state index >= 15 is 0 Å². The Labute approximate surface area is 95.3 Å². The van der Waals surface area contributed by atoms with Crippen LogP contribution >= 0.6 is 0 Å². The van der Waals surface area contributed by atoms with E-state index in [0.29, 0.717) is 5.92 Å². The van der Waals surface area contributed by atoms with E-state index in [9.17, 15) is 5.11 Å². The summed E-state index contributed by atoms with van der Waals surface area (Å²) in [6.07, 6.45) is 6.29. The molecule has 1 aromatic heterocycles. The number of aromatic nitrogens is 1. The zero-order chi connectivity index (χ0) is 11.0. The predicted octanol–water partition coefficient (Wildman–Crippen LogP) is 3.19. The van der Waals surface area contributed by atoms with Gasteiger partial charge < -0.3 is 10.1 Å². The smallest absolute Gasteiger partial charge is 0.0608 e. The lowest BCUT2D eigenvalue weighted by atomic mass is 9.80. The molecule has 1 fully saturated rings. The molecule has 2 N–H and O–H groups in total. The maximum atomic E-state index is 10.1. The Morgan fingerprint density at radius 2 is 2.00 bits per heavy atom. The number of rotatable bonds is 1. The Balaban J connectivity index is 2.07. The number of aliphatic hydroxyl groups is 1. The van der Waals surface area contributed by atoms with Crippen molar-refractivity contribution in [2.45, 2.75) is 37.7 Å². The molecule has 0 spiro atoms. The second-order valence-corrected chi connectivity index (χ2v) is 4.74. The summed E-state index contributed by atoms with van der Waals surface area (Å²) in [5.41, 5.74) is 2.49. The van der Waals surface area contributed by atoms with Crippen molar-refractivity contribution in [1.29, 1.82) is 0 Å². The number of hydrogen-bond donors (Lipinski definition) is 2. The summed E-state index contributed by atoms with van der Waals surface area (Å²) in [5, 5.41) is 11.4. The van der Waals surface area contributed by atoms with Gasteiger partial charge in [-0.1, -0.05) is 25.0 Å². The Morgan fingerprint density at radius 3 is 2.88 bits per heavy atom. The molecule has 84 valence electrons. The number of benzene rings is 1. The first kappa shape index (κ1) is 9.91. The molecular formula is C14H17NO. The summed E-state index contributed by atoms with van der Waals surface area (Å²) < 4.78 is 0. The quantitative estimate of drug-likeness (QED) is 0.753. The molecule has 0 radical (unpaired) electrons. The van der Waals surface area contributed by atoms with Crippen LogP contribution in [0.15, 0.2) is 30.5 Å². The average molecular weight is 215 g/mol. The molecule has 2 heteroatoms. The van der Waals surface area contributed by atoms with Gasteiger partial charge in [0.1, 0.15) is 0 Å². The van der Waals surface area contributed by atoms with Gasteiger partial charge in [-0.05, 0) is 30.5 Å². The maximum absolute atomic E-state index is 10.1. The SMILES string of the molecule is OC1CCCCC1c1cccc2[nH]ccc12. The molecular weight excluding hydrogens is 198 g/mol. The lowest BCUT2D eigenvalue weighted by Gasteiger charge is -2.28. The fourth-order valence-corrected chi connectivity index (χ4v) is 2.91. The molecule has 2 nitrogen and oxygen atoms in total. The van der Waals surface area contributed by atoms with E-state index < -0.39 is 0 Å². The van der Waals surface area contributed by atoms with Crippen molar-refractivity contribution >= 4 is 10.9 Å². The van der Waals surface area contributed by atoms with Gasteiger partial charge in [-0.15, -0.1) is 0 Å². The normalized spacial score (nSPS) is 26.1. The van der Waals surface area contributed by atoms with Gasteiger partial charge in [0.2, 0.25) is 0 Å². The number of nitrogens with one attached hydrogen (secondary N) is 1. The van der Waals surface area contributed by atoms with Gasteiger partial charge in [-0.3, -0.25) is 0 Å². The fourth-order valence-electron chi connectivity index (χ4n) is 2.91. The molecule has 0 saturated heterocycles. The molecule has 1 aromatic carbocycles. The molecule has 0 amide bonds. The Hall–Kier alpha value is -1.28. The van der Waals surface area contributed by atoms with Crippen molar-refractivity contribution in [3.63, 3.8) is 0 Å². The van der Waals surface area contributed by atoms with Crippen molar-refractivity contribution in [1.82, 2.24) is 4.98 Å². The van der Waals surface area contributed by atoms with Crippen LogP contribution in [0.2, 0.25) is 0 Å². The van der Waals surface area contributed by atoms with Crippen molar-refractivity contribution in [3.8, 4) is 0 Å². The summed E-state index contributed by atoms with van der Waals surface area (Å²) in [6, 6.07) is 8.45. The van der Waals surface area contributed by atoms with Crippen LogP contribution in [-0.4, -0.2) is 16.2 Å². The second kappa shape index (κ2) is 3.95. The van der Waals surface area contributed by atoms with Crippen LogP contribution in [-0.2, 0) is 0 Å². The number of fused-ring (bicyclic) bond motifs is 1. The minimum atomic E-state index is -0.158. The van der Waals surface area contributed by atoms with E-state index in [-0.39, 0.29) is 6.10 Å². The Bertz CT molecular complexity index is 488. The van der Waals surface area contributed by atoms with E-state index in [1.165, 1.54) is 29.3 Å². The monoisotopic (exact) mass is 215 g/mol. The van der Waals surface area contributed by atoms with Gasteiger partial charge in [0.05, 0.1) is 6.10 Å². The lowest BCUT2D eigenvalue weighted by molar-refractivity contribution is 0.107. The number of aromatic amines is 1. The van der Waals surface area contributed by atoms with Gasteiger partial charge >= 0.3 is 0 Å². The van der Waals surface area contributed by atoms with Crippen molar-refractivity contribution < 1.29 is 5.11 Å². The summed E-state index contributed by atoms with van der Waals surface area (Å²) in [4.78, 5) is 3.23. The van der Waals surface area contributed by atoms with E-state index in [1.807, 2.05) is 6.20 Å². The fraction of sp³-hybridized carbons (Fsp3) is 0.429. The van der Waals surface area contributed by atoms with Gasteiger partial charge in [0.15, 0.2) is 0 Å². The molecule has 0 aliphatic heterocycles. The molecule has 1 aliphatic rings. The minimum absolute atomic E-state index is 0.158. The maximum Gasteiger partial charge on any atom is 0.0608 e. The molecule has 1 heterocycles. The summed E-state index contributed by atoms with van der Waals surface area (Å²) in [6.45, 7) is 0. The zero-order valence-corrected chi connectivity index (χ0v) is 9.32. The van der Waals surface area contributed by atoms with Gasteiger partial charge in [-0.2, -0.15) is 0 Å². The van der Waals surface area contributed by atoms with Crippen LogP contribution in [0, 0.1) is 0 Å². The summed E-state index contributed by atoms with van der Waals surface area (Å²) in [7, 11) is 0. The number of aliphatic hydroxyl groups excluding tert-OH is 1. The molecule has 2 unspecified atom stereocenters. The minimum Gasteiger partial charge on any atom is -0.392 e. The first-order chi connectivity index (χ1) is 7.86. The first-order valence-electron chi connectivity index (χ1n) is 6.10. The van der Waals surface area contributed by atoms with Gasteiger partial charge in [0.25, 0.3) is 0 Å². The van der Waals surface area contributed by atoms with Gasteiger partial charge in [-0.25, -0.2) is 0 Å². The highest BCUT2D eigenvalue weighted by Crippen LogP contribution is 2.36. The third-order valence-electron chi connectivity index (χ3n) is 3.76.